The van der Waals surface area contributed by atoms with E-state index in [1.165, 1.54) is 6.08 Å². The molecule has 0 saturated heterocycles. The van der Waals surface area contributed by atoms with Crippen molar-refractivity contribution in [2.75, 3.05) is 0 Å². The van der Waals surface area contributed by atoms with Gasteiger partial charge in [0.2, 0.25) is 0 Å². The number of hydrogen-bond donors (Lipinski definition) is 1. The first-order chi connectivity index (χ1) is 9.89. The van der Waals surface area contributed by atoms with Crippen LogP contribution >= 0.6 is 0 Å². The number of rotatable bonds is 4. The summed E-state index contributed by atoms with van der Waals surface area (Å²) in [7, 11) is 0. The van der Waals surface area contributed by atoms with Gasteiger partial charge < -0.3 is 9.84 Å². The fraction of sp³-hybridized carbons (Fsp3) is 0.278. The highest BCUT2D eigenvalue weighted by atomic mass is 16.5. The van der Waals surface area contributed by atoms with Gasteiger partial charge in [-0.2, -0.15) is 0 Å². The lowest BCUT2D eigenvalue weighted by Crippen LogP contribution is -2.27. The molecule has 1 aromatic rings. The third-order valence-electron chi connectivity index (χ3n) is 3.27. The van der Waals surface area contributed by atoms with Gasteiger partial charge in [0.15, 0.2) is 0 Å². The lowest BCUT2D eigenvalue weighted by Gasteiger charge is -2.27. The minimum Gasteiger partial charge on any atom is -0.483 e. The molecule has 1 N–H and O–H groups in total. The Morgan fingerprint density at radius 1 is 1.33 bits per heavy atom. The number of allylic oxidation sites excluding steroid dienone is 2. The molecule has 0 radical (unpaired) electrons. The molecule has 0 aliphatic carbocycles. The number of fused-ring (bicyclic) bond motifs is 1. The molecule has 0 aromatic heterocycles. The fourth-order valence-electron chi connectivity index (χ4n) is 2.15. The summed E-state index contributed by atoms with van der Waals surface area (Å²) in [4.78, 5) is 10.6. The van der Waals surface area contributed by atoms with E-state index in [9.17, 15) is 4.79 Å². The minimum atomic E-state index is -0.932. The second-order valence-electron chi connectivity index (χ2n) is 5.58. The van der Waals surface area contributed by atoms with Gasteiger partial charge in [-0.05, 0) is 49.6 Å². The summed E-state index contributed by atoms with van der Waals surface area (Å²) < 4.78 is 5.89. The van der Waals surface area contributed by atoms with Crippen LogP contribution in [0, 0.1) is 0 Å². The smallest absolute Gasteiger partial charge is 0.328 e. The zero-order valence-electron chi connectivity index (χ0n) is 12.6. The number of carboxylic acid groups (broad SMARTS) is 1. The van der Waals surface area contributed by atoms with E-state index in [-0.39, 0.29) is 5.60 Å². The second-order valence-corrected chi connectivity index (χ2v) is 5.58. The van der Waals surface area contributed by atoms with Crippen molar-refractivity contribution in [3.05, 3.63) is 53.1 Å². The zero-order valence-corrected chi connectivity index (χ0v) is 12.6. The normalized spacial score (nSPS) is 16.6. The Bertz CT molecular complexity index is 634. The van der Waals surface area contributed by atoms with Gasteiger partial charge in [-0.3, -0.25) is 0 Å². The quantitative estimate of drug-likeness (QED) is 0.662. The summed E-state index contributed by atoms with van der Waals surface area (Å²) in [6, 6.07) is 5.99. The molecule has 1 aromatic carbocycles. The molecular formula is C18H20O3. The number of carbonyl (C=O) groups is 1. The molecule has 1 aliphatic heterocycles. The molecular weight excluding hydrogens is 264 g/mol. The highest BCUT2D eigenvalue weighted by Crippen LogP contribution is 2.31. The number of benzene rings is 1. The molecule has 0 saturated carbocycles. The van der Waals surface area contributed by atoms with Crippen LogP contribution in [0.4, 0.5) is 0 Å². The Labute approximate surface area is 125 Å². The minimum absolute atomic E-state index is 0.275. The first kappa shape index (κ1) is 15.1. The Kier molecular flexibility index (Phi) is 4.32. The average Bonchev–Trinajstić information content (AvgIpc) is 2.42. The van der Waals surface area contributed by atoms with Crippen LogP contribution in [0.15, 0.2) is 42.0 Å². The molecule has 0 atom stereocenters. The Balaban J connectivity index is 2.28. The van der Waals surface area contributed by atoms with Crippen LogP contribution in [-0.4, -0.2) is 16.7 Å². The van der Waals surface area contributed by atoms with Crippen molar-refractivity contribution < 1.29 is 14.6 Å². The van der Waals surface area contributed by atoms with E-state index in [1.807, 2.05) is 51.1 Å². The Morgan fingerprint density at radius 3 is 2.76 bits per heavy atom. The van der Waals surface area contributed by atoms with Crippen LogP contribution in [0.1, 0.15) is 38.3 Å². The highest BCUT2D eigenvalue weighted by molar-refractivity contribution is 5.81. The van der Waals surface area contributed by atoms with Crippen LogP contribution < -0.4 is 4.74 Å². The number of hydrogen-bond acceptors (Lipinski definition) is 2. The first-order valence-corrected chi connectivity index (χ1v) is 7.03. The van der Waals surface area contributed by atoms with E-state index < -0.39 is 5.97 Å². The molecule has 0 amide bonds. The van der Waals surface area contributed by atoms with Gasteiger partial charge in [-0.15, -0.1) is 0 Å². The van der Waals surface area contributed by atoms with Crippen LogP contribution in [-0.2, 0) is 4.79 Å². The van der Waals surface area contributed by atoms with Gasteiger partial charge >= 0.3 is 5.97 Å². The lowest BCUT2D eigenvalue weighted by molar-refractivity contribution is -0.131. The summed E-state index contributed by atoms with van der Waals surface area (Å²) in [6.07, 6.45) is 9.67. The SMILES string of the molecule is CCC(C=CC(=O)O)=Cc1ccc2c(c1)C=CC(C)(C)O2. The largest absolute Gasteiger partial charge is 0.483 e. The predicted octanol–water partition coefficient (Wildman–Crippen LogP) is 4.31. The lowest BCUT2D eigenvalue weighted by atomic mass is 9.99. The highest BCUT2D eigenvalue weighted by Gasteiger charge is 2.21. The molecule has 21 heavy (non-hydrogen) atoms. The topological polar surface area (TPSA) is 46.5 Å². The number of carboxylic acids is 1. The van der Waals surface area contributed by atoms with Gasteiger partial charge in [-0.1, -0.05) is 31.2 Å². The van der Waals surface area contributed by atoms with Crippen molar-refractivity contribution >= 4 is 18.1 Å². The molecule has 3 nitrogen and oxygen atoms in total. The van der Waals surface area contributed by atoms with Crippen LogP contribution in [0.25, 0.3) is 12.2 Å². The third kappa shape index (κ3) is 4.09. The summed E-state index contributed by atoms with van der Waals surface area (Å²) in [6.45, 7) is 6.04. The van der Waals surface area contributed by atoms with Gasteiger partial charge in [0.25, 0.3) is 0 Å². The molecule has 1 aliphatic rings. The molecule has 0 bridgehead atoms. The summed E-state index contributed by atoms with van der Waals surface area (Å²) in [5.74, 6) is -0.0582. The van der Waals surface area contributed by atoms with Crippen LogP contribution in [0.3, 0.4) is 0 Å². The van der Waals surface area contributed by atoms with Gasteiger partial charge in [-0.25, -0.2) is 4.79 Å². The van der Waals surface area contributed by atoms with E-state index >= 15 is 0 Å². The van der Waals surface area contributed by atoms with Crippen molar-refractivity contribution in [1.82, 2.24) is 0 Å². The fourth-order valence-corrected chi connectivity index (χ4v) is 2.15. The van der Waals surface area contributed by atoms with Crippen molar-refractivity contribution in [2.24, 2.45) is 0 Å². The van der Waals surface area contributed by atoms with Gasteiger partial charge in [0.05, 0.1) is 0 Å². The monoisotopic (exact) mass is 284 g/mol. The maximum absolute atomic E-state index is 10.6. The predicted molar refractivity (Wildman–Crippen MR) is 85.2 cm³/mol. The van der Waals surface area contributed by atoms with E-state index in [1.54, 1.807) is 6.08 Å². The van der Waals surface area contributed by atoms with E-state index in [0.717, 1.165) is 28.9 Å². The zero-order chi connectivity index (χ0) is 15.5. The molecule has 110 valence electrons. The molecule has 0 fully saturated rings. The van der Waals surface area contributed by atoms with Crippen LogP contribution in [0.5, 0.6) is 5.75 Å². The van der Waals surface area contributed by atoms with E-state index in [2.05, 4.69) is 6.08 Å². The summed E-state index contributed by atoms with van der Waals surface area (Å²) in [5.41, 5.74) is 2.77. The maximum atomic E-state index is 10.6. The van der Waals surface area contributed by atoms with Gasteiger partial charge in [0, 0.05) is 11.6 Å². The maximum Gasteiger partial charge on any atom is 0.328 e. The third-order valence-corrected chi connectivity index (χ3v) is 3.27. The molecule has 3 heteroatoms. The standard InChI is InChI=1S/C18H20O3/c1-4-13(6-8-17(19)20)11-14-5-7-16-15(12-14)9-10-18(2,3)21-16/h5-12H,4H2,1-3H3,(H,19,20). The first-order valence-electron chi connectivity index (χ1n) is 7.03. The number of aliphatic carboxylic acids is 1. The second kappa shape index (κ2) is 6.00. The molecule has 0 spiro atoms. The molecule has 0 unspecified atom stereocenters. The van der Waals surface area contributed by atoms with Crippen molar-refractivity contribution in [2.45, 2.75) is 32.8 Å². The van der Waals surface area contributed by atoms with Gasteiger partial charge in [0.1, 0.15) is 11.4 Å². The number of ether oxygens (including phenoxy) is 1. The molecule has 1 heterocycles. The van der Waals surface area contributed by atoms with Crippen molar-refractivity contribution in [3.8, 4) is 5.75 Å². The average molecular weight is 284 g/mol. The summed E-state index contributed by atoms with van der Waals surface area (Å²) >= 11 is 0. The summed E-state index contributed by atoms with van der Waals surface area (Å²) in [5, 5.41) is 8.69. The van der Waals surface area contributed by atoms with E-state index in [4.69, 9.17) is 9.84 Å². The van der Waals surface area contributed by atoms with Crippen LogP contribution in [0.2, 0.25) is 0 Å². The Morgan fingerprint density at radius 2 is 2.10 bits per heavy atom. The van der Waals surface area contributed by atoms with Crippen molar-refractivity contribution in [1.29, 1.82) is 0 Å². The molecule has 2 rings (SSSR count). The van der Waals surface area contributed by atoms with Crippen molar-refractivity contribution in [3.63, 3.8) is 0 Å². The Hall–Kier alpha value is -2.29. The van der Waals surface area contributed by atoms with E-state index in [0.29, 0.717) is 0 Å².